The second-order valence-electron chi connectivity index (χ2n) is 5.86. The monoisotopic (exact) mass is 278 g/mol. The first-order valence-electron chi connectivity index (χ1n) is 7.59. The maximum atomic E-state index is 13.8. The highest BCUT2D eigenvalue weighted by Gasteiger charge is 2.35. The van der Waals surface area contributed by atoms with Crippen LogP contribution in [0.25, 0.3) is 0 Å². The molecule has 2 nitrogen and oxygen atoms in total. The van der Waals surface area contributed by atoms with Crippen LogP contribution in [0.15, 0.2) is 24.3 Å². The first kappa shape index (κ1) is 15.0. The molecule has 0 bridgehead atoms. The topological polar surface area (TPSA) is 37.3 Å². The van der Waals surface area contributed by atoms with E-state index in [1.807, 2.05) is 0 Å². The van der Waals surface area contributed by atoms with E-state index in [1.54, 1.807) is 18.2 Å². The minimum absolute atomic E-state index is 0.186. The third-order valence-corrected chi connectivity index (χ3v) is 4.72. The Morgan fingerprint density at radius 3 is 2.70 bits per heavy atom. The van der Waals surface area contributed by atoms with Crippen molar-refractivity contribution < 1.29 is 14.3 Å². The van der Waals surface area contributed by atoms with Crippen molar-refractivity contribution in [2.45, 2.75) is 45.4 Å². The van der Waals surface area contributed by atoms with Crippen LogP contribution in [0.3, 0.4) is 0 Å². The predicted octanol–water partition coefficient (Wildman–Crippen LogP) is 4.29. The van der Waals surface area contributed by atoms with Gasteiger partial charge in [-0.15, -0.1) is 0 Å². The van der Waals surface area contributed by atoms with E-state index in [0.717, 1.165) is 25.7 Å². The number of hydrogen-bond donors (Lipinski definition) is 1. The van der Waals surface area contributed by atoms with Crippen LogP contribution in [-0.4, -0.2) is 11.1 Å². The Bertz CT molecular complexity index is 458. The van der Waals surface area contributed by atoms with E-state index < -0.39 is 11.9 Å². The average Bonchev–Trinajstić information content (AvgIpc) is 2.46. The summed E-state index contributed by atoms with van der Waals surface area (Å²) in [5, 5.41) is 9.57. The van der Waals surface area contributed by atoms with Crippen molar-refractivity contribution in [2.24, 2.45) is 17.8 Å². The van der Waals surface area contributed by atoms with Gasteiger partial charge in [0.1, 0.15) is 5.82 Å². The Balaban J connectivity index is 2.18. The summed E-state index contributed by atoms with van der Waals surface area (Å²) in [4.78, 5) is 11.7. The fourth-order valence-corrected chi connectivity index (χ4v) is 3.60. The fourth-order valence-electron chi connectivity index (χ4n) is 3.60. The lowest BCUT2D eigenvalue weighted by molar-refractivity contribution is -0.145. The molecule has 0 aliphatic heterocycles. The highest BCUT2D eigenvalue weighted by molar-refractivity contribution is 5.71. The molecule has 0 heterocycles. The summed E-state index contributed by atoms with van der Waals surface area (Å²) < 4.78 is 13.8. The third kappa shape index (κ3) is 3.38. The number of halogens is 1. The zero-order chi connectivity index (χ0) is 14.5. The molecule has 2 rings (SSSR count). The second-order valence-corrected chi connectivity index (χ2v) is 5.86. The van der Waals surface area contributed by atoms with Crippen LogP contribution < -0.4 is 0 Å². The minimum atomic E-state index is -0.779. The maximum absolute atomic E-state index is 13.8. The predicted molar refractivity (Wildman–Crippen MR) is 77.0 cm³/mol. The molecular weight excluding hydrogens is 255 g/mol. The Kier molecular flexibility index (Phi) is 5.16. The van der Waals surface area contributed by atoms with Gasteiger partial charge in [-0.1, -0.05) is 50.8 Å². The van der Waals surface area contributed by atoms with Crippen molar-refractivity contribution in [2.75, 3.05) is 0 Å². The van der Waals surface area contributed by atoms with Crippen molar-refractivity contribution in [1.82, 2.24) is 0 Å². The van der Waals surface area contributed by atoms with E-state index in [1.165, 1.54) is 12.5 Å². The van der Waals surface area contributed by atoms with E-state index in [0.29, 0.717) is 17.9 Å². The number of hydrogen-bond acceptors (Lipinski definition) is 1. The summed E-state index contributed by atoms with van der Waals surface area (Å²) in [7, 11) is 0. The molecule has 0 saturated heterocycles. The zero-order valence-electron chi connectivity index (χ0n) is 12.0. The average molecular weight is 278 g/mol. The lowest BCUT2D eigenvalue weighted by Crippen LogP contribution is -2.33. The molecule has 0 aromatic heterocycles. The molecule has 1 aromatic carbocycles. The van der Waals surface area contributed by atoms with E-state index in [2.05, 4.69) is 6.92 Å². The van der Waals surface area contributed by atoms with Crippen molar-refractivity contribution in [3.8, 4) is 0 Å². The van der Waals surface area contributed by atoms with Crippen molar-refractivity contribution in [3.63, 3.8) is 0 Å². The van der Waals surface area contributed by atoms with E-state index in [-0.39, 0.29) is 11.7 Å². The molecule has 20 heavy (non-hydrogen) atoms. The van der Waals surface area contributed by atoms with Crippen LogP contribution in [0.1, 0.15) is 44.6 Å². The molecule has 0 amide bonds. The number of aliphatic carboxylic acids is 1. The first-order chi connectivity index (χ1) is 9.63. The van der Waals surface area contributed by atoms with Crippen molar-refractivity contribution in [1.29, 1.82) is 0 Å². The van der Waals surface area contributed by atoms with E-state index in [4.69, 9.17) is 0 Å². The molecule has 1 N–H and O–H groups in total. The van der Waals surface area contributed by atoms with Crippen LogP contribution in [-0.2, 0) is 11.2 Å². The van der Waals surface area contributed by atoms with Gasteiger partial charge in [-0.05, 0) is 36.3 Å². The Morgan fingerprint density at radius 1 is 1.35 bits per heavy atom. The molecule has 110 valence electrons. The SMILES string of the molecule is CCC1CCCCC1C(Cc1ccccc1F)C(=O)O. The molecule has 1 aromatic rings. The van der Waals surface area contributed by atoms with Crippen LogP contribution in [0.4, 0.5) is 4.39 Å². The number of carboxylic acids is 1. The smallest absolute Gasteiger partial charge is 0.307 e. The highest BCUT2D eigenvalue weighted by Crippen LogP contribution is 2.38. The summed E-state index contributed by atoms with van der Waals surface area (Å²) in [5.41, 5.74) is 0.528. The van der Waals surface area contributed by atoms with Gasteiger partial charge in [0.25, 0.3) is 0 Å². The van der Waals surface area contributed by atoms with Gasteiger partial charge in [-0.2, -0.15) is 0 Å². The van der Waals surface area contributed by atoms with Gasteiger partial charge in [-0.25, -0.2) is 4.39 Å². The largest absolute Gasteiger partial charge is 0.481 e. The number of carbonyl (C=O) groups is 1. The third-order valence-electron chi connectivity index (χ3n) is 4.72. The standard InChI is InChI=1S/C17H23FO2/c1-2-12-7-3-5-9-14(12)15(17(19)20)11-13-8-4-6-10-16(13)18/h4,6,8,10,12,14-15H,2-3,5,7,9,11H2,1H3,(H,19,20). The Hall–Kier alpha value is -1.38. The van der Waals surface area contributed by atoms with Gasteiger partial charge in [0.05, 0.1) is 5.92 Å². The molecule has 3 heteroatoms. The summed E-state index contributed by atoms with van der Waals surface area (Å²) in [6, 6.07) is 6.53. The maximum Gasteiger partial charge on any atom is 0.307 e. The van der Waals surface area contributed by atoms with Gasteiger partial charge >= 0.3 is 5.97 Å². The summed E-state index contributed by atoms with van der Waals surface area (Å²) in [5.74, 6) is -0.874. The molecular formula is C17H23FO2. The molecule has 1 aliphatic carbocycles. The molecule has 1 saturated carbocycles. The highest BCUT2D eigenvalue weighted by atomic mass is 19.1. The number of carboxylic acid groups (broad SMARTS) is 1. The van der Waals surface area contributed by atoms with E-state index >= 15 is 0 Å². The van der Waals surface area contributed by atoms with Crippen molar-refractivity contribution >= 4 is 5.97 Å². The van der Waals surface area contributed by atoms with Crippen LogP contribution in [0, 0.1) is 23.6 Å². The van der Waals surface area contributed by atoms with Gasteiger partial charge in [0, 0.05) is 0 Å². The fraction of sp³-hybridized carbons (Fsp3) is 0.588. The number of benzene rings is 1. The van der Waals surface area contributed by atoms with Crippen molar-refractivity contribution in [3.05, 3.63) is 35.6 Å². The normalized spacial score (nSPS) is 24.3. The van der Waals surface area contributed by atoms with Crippen LogP contribution >= 0.6 is 0 Å². The summed E-state index contributed by atoms with van der Waals surface area (Å²) in [6.07, 6.45) is 5.70. The zero-order valence-corrected chi connectivity index (χ0v) is 12.0. The van der Waals surface area contributed by atoms with E-state index in [9.17, 15) is 14.3 Å². The molecule has 0 radical (unpaired) electrons. The quantitative estimate of drug-likeness (QED) is 0.872. The summed E-state index contributed by atoms with van der Waals surface area (Å²) >= 11 is 0. The molecule has 1 fully saturated rings. The Morgan fingerprint density at radius 2 is 2.05 bits per heavy atom. The van der Waals surface area contributed by atoms with Gasteiger partial charge in [-0.3, -0.25) is 4.79 Å². The van der Waals surface area contributed by atoms with Crippen LogP contribution in [0.2, 0.25) is 0 Å². The second kappa shape index (κ2) is 6.87. The first-order valence-corrected chi connectivity index (χ1v) is 7.59. The van der Waals surface area contributed by atoms with Gasteiger partial charge in [0.15, 0.2) is 0 Å². The number of rotatable bonds is 5. The minimum Gasteiger partial charge on any atom is -0.481 e. The lowest BCUT2D eigenvalue weighted by Gasteiger charge is -2.35. The van der Waals surface area contributed by atoms with Gasteiger partial charge < -0.3 is 5.11 Å². The Labute approximate surface area is 120 Å². The van der Waals surface area contributed by atoms with Gasteiger partial charge in [0.2, 0.25) is 0 Å². The summed E-state index contributed by atoms with van der Waals surface area (Å²) in [6.45, 7) is 2.13. The molecule has 3 unspecified atom stereocenters. The molecule has 0 spiro atoms. The van der Waals surface area contributed by atoms with Crippen LogP contribution in [0.5, 0.6) is 0 Å². The molecule has 1 aliphatic rings. The lowest BCUT2D eigenvalue weighted by atomic mass is 9.70. The molecule has 3 atom stereocenters.